The molecule has 18 heavy (non-hydrogen) atoms. The Labute approximate surface area is 112 Å². The van der Waals surface area contributed by atoms with Crippen LogP contribution in [-0.2, 0) is 0 Å². The fraction of sp³-hybridized carbons (Fsp3) is 0.692. The highest BCUT2D eigenvalue weighted by Crippen LogP contribution is 2.35. The fourth-order valence-electron chi connectivity index (χ4n) is 2.87. The molecule has 0 bridgehead atoms. The lowest BCUT2D eigenvalue weighted by Crippen LogP contribution is -2.32. The van der Waals surface area contributed by atoms with Gasteiger partial charge >= 0.3 is 0 Å². The molecule has 2 rings (SSSR count). The van der Waals surface area contributed by atoms with Crippen molar-refractivity contribution in [3.63, 3.8) is 0 Å². The monoisotopic (exact) mass is 270 g/mol. The zero-order chi connectivity index (χ0) is 13.1. The van der Waals surface area contributed by atoms with E-state index in [2.05, 4.69) is 11.9 Å². The molecule has 1 aromatic rings. The van der Waals surface area contributed by atoms with Gasteiger partial charge in [0, 0.05) is 6.04 Å². The van der Waals surface area contributed by atoms with Crippen molar-refractivity contribution < 1.29 is 4.74 Å². The predicted octanol–water partition coefficient (Wildman–Crippen LogP) is 3.05. The van der Waals surface area contributed by atoms with Crippen molar-refractivity contribution in [3.05, 3.63) is 21.8 Å². The summed E-state index contributed by atoms with van der Waals surface area (Å²) in [7, 11) is 1.45. The molecule has 100 valence electrons. The number of aromatic nitrogens is 2. The molecule has 0 N–H and O–H groups in total. The first kappa shape index (κ1) is 13.4. The second kappa shape index (κ2) is 5.74. The van der Waals surface area contributed by atoms with Crippen molar-refractivity contribution in [2.24, 2.45) is 5.92 Å². The van der Waals surface area contributed by atoms with Crippen LogP contribution >= 0.6 is 11.6 Å². The van der Waals surface area contributed by atoms with E-state index in [0.717, 1.165) is 12.8 Å². The van der Waals surface area contributed by atoms with Gasteiger partial charge < -0.3 is 4.74 Å². The van der Waals surface area contributed by atoms with E-state index in [0.29, 0.717) is 5.92 Å². The Balaban J connectivity index is 2.41. The third-order valence-electron chi connectivity index (χ3n) is 3.87. The van der Waals surface area contributed by atoms with Gasteiger partial charge in [-0.05, 0) is 18.8 Å². The van der Waals surface area contributed by atoms with E-state index >= 15 is 0 Å². The molecule has 1 aromatic heterocycles. The Hall–Kier alpha value is -1.03. The molecule has 0 radical (unpaired) electrons. The summed E-state index contributed by atoms with van der Waals surface area (Å²) < 4.78 is 6.75. The molecule has 0 amide bonds. The average Bonchev–Trinajstić information content (AvgIpc) is 2.39. The van der Waals surface area contributed by atoms with E-state index < -0.39 is 0 Å². The third-order valence-corrected chi connectivity index (χ3v) is 4.14. The van der Waals surface area contributed by atoms with Gasteiger partial charge in [-0.3, -0.25) is 9.36 Å². The van der Waals surface area contributed by atoms with E-state index in [1.807, 2.05) is 0 Å². The van der Waals surface area contributed by atoms with Crippen LogP contribution in [-0.4, -0.2) is 16.7 Å². The summed E-state index contributed by atoms with van der Waals surface area (Å²) in [5, 5.41) is 0.141. The maximum absolute atomic E-state index is 12.3. The molecule has 2 unspecified atom stereocenters. The normalized spacial score (nSPS) is 23.9. The Morgan fingerprint density at radius 2 is 2.22 bits per heavy atom. The van der Waals surface area contributed by atoms with E-state index in [4.69, 9.17) is 16.3 Å². The Morgan fingerprint density at radius 3 is 2.89 bits per heavy atom. The SMILES string of the molecule is CCC1CCCCC1n1cnc(Cl)c(OC)c1=O. The molecule has 2 atom stereocenters. The van der Waals surface area contributed by atoms with E-state index in [1.54, 1.807) is 10.9 Å². The minimum Gasteiger partial charge on any atom is -0.489 e. The van der Waals surface area contributed by atoms with Crippen LogP contribution < -0.4 is 10.3 Å². The van der Waals surface area contributed by atoms with Crippen LogP contribution in [0.3, 0.4) is 0 Å². The highest BCUT2D eigenvalue weighted by molar-refractivity contribution is 6.30. The molecule has 0 aromatic carbocycles. The Bertz CT molecular complexity index is 473. The number of ether oxygens (including phenoxy) is 1. The van der Waals surface area contributed by atoms with Crippen molar-refractivity contribution in [3.8, 4) is 5.75 Å². The minimum atomic E-state index is -0.164. The summed E-state index contributed by atoms with van der Waals surface area (Å²) in [6.07, 6.45) is 7.28. The van der Waals surface area contributed by atoms with Crippen molar-refractivity contribution >= 4 is 11.6 Å². The van der Waals surface area contributed by atoms with E-state index in [-0.39, 0.29) is 22.5 Å². The van der Waals surface area contributed by atoms with Gasteiger partial charge in [-0.2, -0.15) is 0 Å². The molecule has 4 nitrogen and oxygen atoms in total. The zero-order valence-electron chi connectivity index (χ0n) is 10.9. The molecule has 0 aliphatic heterocycles. The van der Waals surface area contributed by atoms with Crippen molar-refractivity contribution in [2.45, 2.75) is 45.1 Å². The molecule has 1 aliphatic rings. The van der Waals surface area contributed by atoms with E-state index in [1.165, 1.54) is 26.4 Å². The molecule has 0 saturated heterocycles. The number of hydrogen-bond acceptors (Lipinski definition) is 3. The number of rotatable bonds is 3. The van der Waals surface area contributed by atoms with Gasteiger partial charge in [-0.25, -0.2) is 4.98 Å². The second-order valence-electron chi connectivity index (χ2n) is 4.80. The molecule has 1 fully saturated rings. The van der Waals surface area contributed by atoms with Crippen LogP contribution in [0.25, 0.3) is 0 Å². The Kier molecular flexibility index (Phi) is 4.27. The maximum Gasteiger partial charge on any atom is 0.297 e. The van der Waals surface area contributed by atoms with Crippen molar-refractivity contribution in [2.75, 3.05) is 7.11 Å². The second-order valence-corrected chi connectivity index (χ2v) is 5.16. The molecule has 0 spiro atoms. The molecule has 5 heteroatoms. The topological polar surface area (TPSA) is 44.1 Å². The first-order valence-electron chi connectivity index (χ1n) is 6.49. The molecular weight excluding hydrogens is 252 g/mol. The molecule has 1 heterocycles. The number of halogens is 1. The summed E-state index contributed by atoms with van der Waals surface area (Å²) in [6, 6.07) is 0.231. The molecular formula is C13H19ClN2O2. The van der Waals surface area contributed by atoms with Crippen molar-refractivity contribution in [1.82, 2.24) is 9.55 Å². The standard InChI is InChI=1S/C13H19ClN2O2/c1-3-9-6-4-5-7-10(9)16-8-15-12(14)11(18-2)13(16)17/h8-10H,3-7H2,1-2H3. The fourth-order valence-corrected chi connectivity index (χ4v) is 3.07. The Morgan fingerprint density at radius 1 is 1.50 bits per heavy atom. The lowest BCUT2D eigenvalue weighted by Gasteiger charge is -2.32. The number of nitrogens with zero attached hydrogens (tertiary/aromatic N) is 2. The van der Waals surface area contributed by atoms with Gasteiger partial charge in [0.1, 0.15) is 0 Å². The summed E-state index contributed by atoms with van der Waals surface area (Å²) in [5.74, 6) is 0.698. The largest absolute Gasteiger partial charge is 0.489 e. The van der Waals surface area contributed by atoms with Crippen LogP contribution in [0.15, 0.2) is 11.1 Å². The molecule has 1 aliphatic carbocycles. The number of hydrogen-bond donors (Lipinski definition) is 0. The first-order chi connectivity index (χ1) is 8.69. The summed E-state index contributed by atoms with van der Waals surface area (Å²) in [4.78, 5) is 16.4. The average molecular weight is 271 g/mol. The minimum absolute atomic E-state index is 0.141. The summed E-state index contributed by atoms with van der Waals surface area (Å²) in [5.41, 5.74) is -0.164. The van der Waals surface area contributed by atoms with Gasteiger partial charge in [0.15, 0.2) is 5.15 Å². The van der Waals surface area contributed by atoms with Gasteiger partial charge in [0.2, 0.25) is 5.75 Å². The molecule has 1 saturated carbocycles. The van der Waals surface area contributed by atoms with Crippen LogP contribution in [0.1, 0.15) is 45.1 Å². The first-order valence-corrected chi connectivity index (χ1v) is 6.87. The van der Waals surface area contributed by atoms with Crippen LogP contribution in [0.2, 0.25) is 5.15 Å². The van der Waals surface area contributed by atoms with Gasteiger partial charge in [0.25, 0.3) is 5.56 Å². The van der Waals surface area contributed by atoms with Gasteiger partial charge in [-0.1, -0.05) is 37.8 Å². The zero-order valence-corrected chi connectivity index (χ0v) is 11.6. The third kappa shape index (κ3) is 2.39. The highest BCUT2D eigenvalue weighted by atomic mass is 35.5. The van der Waals surface area contributed by atoms with Crippen molar-refractivity contribution in [1.29, 1.82) is 0 Å². The highest BCUT2D eigenvalue weighted by Gasteiger charge is 2.27. The van der Waals surface area contributed by atoms with Crippen LogP contribution in [0, 0.1) is 5.92 Å². The van der Waals surface area contributed by atoms with Gasteiger partial charge in [0.05, 0.1) is 13.4 Å². The lowest BCUT2D eigenvalue weighted by molar-refractivity contribution is 0.224. The van der Waals surface area contributed by atoms with Crippen LogP contribution in [0.5, 0.6) is 5.75 Å². The van der Waals surface area contributed by atoms with Gasteiger partial charge in [-0.15, -0.1) is 0 Å². The summed E-state index contributed by atoms with van der Waals surface area (Å²) >= 11 is 5.86. The van der Waals surface area contributed by atoms with E-state index in [9.17, 15) is 4.79 Å². The summed E-state index contributed by atoms with van der Waals surface area (Å²) in [6.45, 7) is 2.18. The number of methoxy groups -OCH3 is 1. The predicted molar refractivity (Wildman–Crippen MR) is 71.3 cm³/mol. The lowest BCUT2D eigenvalue weighted by atomic mass is 9.83. The smallest absolute Gasteiger partial charge is 0.297 e. The van der Waals surface area contributed by atoms with Crippen LogP contribution in [0.4, 0.5) is 0 Å². The quantitative estimate of drug-likeness (QED) is 0.793. The maximum atomic E-state index is 12.3.